The zero-order chi connectivity index (χ0) is 21.3. The lowest BCUT2D eigenvalue weighted by molar-refractivity contribution is -0.281. The average Bonchev–Trinajstić information content (AvgIpc) is 2.62. The molecule has 0 heterocycles. The summed E-state index contributed by atoms with van der Waals surface area (Å²) in [5, 5.41) is 0. The largest absolute Gasteiger partial charge is 0.378 e. The van der Waals surface area contributed by atoms with Crippen molar-refractivity contribution in [2.24, 2.45) is 0 Å². The van der Waals surface area contributed by atoms with Gasteiger partial charge >= 0.3 is 35.5 Å². The molecule has 2 aliphatic rings. The molecule has 0 aliphatic heterocycles. The zero-order valence-electron chi connectivity index (χ0n) is 11.4. The Bertz CT molecular complexity index is 445. The number of hydrogen-bond donors (Lipinski definition) is 0. The molecule has 0 spiro atoms. The van der Waals surface area contributed by atoms with Crippen molar-refractivity contribution in [3.8, 4) is 0 Å². The molecule has 0 aromatic heterocycles. The highest BCUT2D eigenvalue weighted by atomic mass is 19.4. The molecule has 2 fully saturated rings. The molecule has 156 valence electrons. The third-order valence-electron chi connectivity index (χ3n) is 3.57. The van der Waals surface area contributed by atoms with E-state index in [1.54, 1.807) is 0 Å². The summed E-state index contributed by atoms with van der Waals surface area (Å²) in [7, 11) is 0. The molecule has 0 unspecified atom stereocenters. The van der Waals surface area contributed by atoms with Crippen LogP contribution in [0.3, 0.4) is 0 Å². The molecule has 0 aromatic carbocycles. The Morgan fingerprint density at radius 3 is 0.462 bits per heavy atom. The average molecular weight is 428 g/mol. The van der Waals surface area contributed by atoms with Gasteiger partial charge in [-0.05, 0) is 0 Å². The van der Waals surface area contributed by atoms with Gasteiger partial charge in [0.1, 0.15) is 0 Å². The summed E-state index contributed by atoms with van der Waals surface area (Å²) >= 11 is 0. The molecule has 4 atom stereocenters. The minimum absolute atomic E-state index is 4.18. The summed E-state index contributed by atoms with van der Waals surface area (Å²) in [4.78, 5) is 0. The van der Waals surface area contributed by atoms with Gasteiger partial charge in [0, 0.05) is 0 Å². The Morgan fingerprint density at radius 1 is 0.308 bits per heavy atom. The lowest BCUT2D eigenvalue weighted by atomic mass is 10.2. The SMILES string of the molecule is F[C@@H]1[C@H](F)C(F)(F)C(F)(F)C1(F)F.F[C@H]1[C@H](F)C(F)(F)C(F)(F)C1(F)F. The fraction of sp³-hybridized carbons (Fsp3) is 1.00. The van der Waals surface area contributed by atoms with Crippen molar-refractivity contribution in [2.75, 3.05) is 0 Å². The Labute approximate surface area is 132 Å². The van der Waals surface area contributed by atoms with Crippen LogP contribution < -0.4 is 0 Å². The molecule has 2 saturated carbocycles. The Balaban J connectivity index is 0.000000260. The quantitative estimate of drug-likeness (QED) is 0.468. The van der Waals surface area contributed by atoms with E-state index in [0.29, 0.717) is 0 Å². The van der Waals surface area contributed by atoms with E-state index < -0.39 is 60.2 Å². The van der Waals surface area contributed by atoms with Crippen LogP contribution in [0.1, 0.15) is 0 Å². The third kappa shape index (κ3) is 2.45. The molecule has 0 radical (unpaired) electrons. The first-order chi connectivity index (χ1) is 11.1. The molecule has 0 saturated heterocycles. The fourth-order valence-electron chi connectivity index (χ4n) is 1.87. The summed E-state index contributed by atoms with van der Waals surface area (Å²) < 4.78 is 192. The van der Waals surface area contributed by atoms with E-state index in [-0.39, 0.29) is 0 Å². The first kappa shape index (κ1) is 22.9. The van der Waals surface area contributed by atoms with Crippen LogP contribution in [0.4, 0.5) is 70.2 Å². The first-order valence-corrected chi connectivity index (χ1v) is 5.96. The number of halogens is 16. The van der Waals surface area contributed by atoms with Crippen LogP contribution >= 0.6 is 0 Å². The molecule has 2 aliphatic carbocycles. The summed E-state index contributed by atoms with van der Waals surface area (Å²) in [6, 6.07) is 0. The van der Waals surface area contributed by atoms with Gasteiger partial charge < -0.3 is 0 Å². The van der Waals surface area contributed by atoms with Crippen LogP contribution in [0.25, 0.3) is 0 Å². The van der Waals surface area contributed by atoms with Crippen molar-refractivity contribution in [1.82, 2.24) is 0 Å². The standard InChI is InChI=1S/2C5H2F8/c2*6-1-2(7)4(10,11)5(12,13)3(1,8)9/h2*1-2H/t1-,2+;1-,2-/m.0/s1. The molecular formula is C10H4F16. The van der Waals surface area contributed by atoms with Gasteiger partial charge in [0.15, 0.2) is 0 Å². The van der Waals surface area contributed by atoms with Gasteiger partial charge in [-0.25, -0.2) is 17.6 Å². The van der Waals surface area contributed by atoms with E-state index in [2.05, 4.69) is 0 Å². The van der Waals surface area contributed by atoms with Gasteiger partial charge in [0.25, 0.3) is 0 Å². The van der Waals surface area contributed by atoms with Crippen LogP contribution in [0.15, 0.2) is 0 Å². The van der Waals surface area contributed by atoms with Gasteiger partial charge in [0.2, 0.25) is 24.7 Å². The monoisotopic (exact) mass is 428 g/mol. The highest BCUT2D eigenvalue weighted by Crippen LogP contribution is 2.59. The Kier molecular flexibility index (Phi) is 5.01. The number of hydrogen-bond acceptors (Lipinski definition) is 0. The van der Waals surface area contributed by atoms with Crippen molar-refractivity contribution in [3.63, 3.8) is 0 Å². The van der Waals surface area contributed by atoms with E-state index in [0.717, 1.165) is 0 Å². The van der Waals surface area contributed by atoms with E-state index >= 15 is 0 Å². The molecule has 0 bridgehead atoms. The lowest BCUT2D eigenvalue weighted by Crippen LogP contribution is -2.49. The predicted octanol–water partition coefficient (Wildman–Crippen LogP) is 5.16. The summed E-state index contributed by atoms with van der Waals surface area (Å²) in [5.74, 6) is -34.7. The smallest absolute Gasteiger partial charge is 0.237 e. The molecule has 26 heavy (non-hydrogen) atoms. The van der Waals surface area contributed by atoms with Gasteiger partial charge in [-0.15, -0.1) is 0 Å². The van der Waals surface area contributed by atoms with E-state index in [4.69, 9.17) is 0 Å². The minimum Gasteiger partial charge on any atom is -0.237 e. The van der Waals surface area contributed by atoms with E-state index in [1.165, 1.54) is 0 Å². The molecule has 0 amide bonds. The van der Waals surface area contributed by atoms with Crippen molar-refractivity contribution in [3.05, 3.63) is 0 Å². The molecule has 2 rings (SSSR count). The second kappa shape index (κ2) is 5.69. The molecule has 0 nitrogen and oxygen atoms in total. The van der Waals surface area contributed by atoms with Crippen LogP contribution in [0, 0.1) is 0 Å². The second-order valence-electron chi connectivity index (χ2n) is 5.25. The van der Waals surface area contributed by atoms with Crippen LogP contribution in [0.5, 0.6) is 0 Å². The maximum absolute atomic E-state index is 12.0. The van der Waals surface area contributed by atoms with Crippen molar-refractivity contribution in [1.29, 1.82) is 0 Å². The second-order valence-corrected chi connectivity index (χ2v) is 5.25. The molecule has 16 heteroatoms. The Morgan fingerprint density at radius 2 is 0.423 bits per heavy atom. The summed E-state index contributed by atoms with van der Waals surface area (Å²) in [6.07, 6.45) is -16.7. The number of rotatable bonds is 0. The van der Waals surface area contributed by atoms with Crippen LogP contribution in [0.2, 0.25) is 0 Å². The third-order valence-corrected chi connectivity index (χ3v) is 3.57. The van der Waals surface area contributed by atoms with Crippen LogP contribution in [-0.2, 0) is 0 Å². The first-order valence-electron chi connectivity index (χ1n) is 5.96. The minimum atomic E-state index is -5.99. The zero-order valence-corrected chi connectivity index (χ0v) is 11.4. The summed E-state index contributed by atoms with van der Waals surface area (Å²) in [6.45, 7) is 0. The lowest BCUT2D eigenvalue weighted by Gasteiger charge is -2.22. The van der Waals surface area contributed by atoms with Crippen molar-refractivity contribution < 1.29 is 70.2 Å². The van der Waals surface area contributed by atoms with Gasteiger partial charge in [-0.2, -0.15) is 52.7 Å². The van der Waals surface area contributed by atoms with Gasteiger partial charge in [-0.3, -0.25) is 0 Å². The van der Waals surface area contributed by atoms with E-state index in [1.807, 2.05) is 0 Å². The number of alkyl halides is 16. The maximum Gasteiger partial charge on any atom is 0.378 e. The highest BCUT2D eigenvalue weighted by molar-refractivity contribution is 5.15. The highest BCUT2D eigenvalue weighted by Gasteiger charge is 2.87. The Hall–Kier alpha value is -1.12. The van der Waals surface area contributed by atoms with Crippen molar-refractivity contribution in [2.45, 2.75) is 60.2 Å². The van der Waals surface area contributed by atoms with Gasteiger partial charge in [-0.1, -0.05) is 0 Å². The van der Waals surface area contributed by atoms with Crippen molar-refractivity contribution >= 4 is 0 Å². The van der Waals surface area contributed by atoms with Crippen LogP contribution in [-0.4, -0.2) is 60.2 Å². The molecule has 0 aromatic rings. The molecular weight excluding hydrogens is 424 g/mol. The van der Waals surface area contributed by atoms with Gasteiger partial charge in [0.05, 0.1) is 0 Å². The van der Waals surface area contributed by atoms with E-state index in [9.17, 15) is 70.2 Å². The topological polar surface area (TPSA) is 0 Å². The normalized spacial score (nSPS) is 40.6. The molecule has 0 N–H and O–H groups in total. The summed E-state index contributed by atoms with van der Waals surface area (Å²) in [5.41, 5.74) is 0. The fourth-order valence-corrected chi connectivity index (χ4v) is 1.87. The predicted molar refractivity (Wildman–Crippen MR) is 49.3 cm³/mol. The maximum atomic E-state index is 12.0.